The summed E-state index contributed by atoms with van der Waals surface area (Å²) in [6.45, 7) is 0. The number of carbonyl (C=O) groups is 4. The van der Waals surface area contributed by atoms with Gasteiger partial charge < -0.3 is 4.74 Å². The molecule has 0 spiro atoms. The van der Waals surface area contributed by atoms with E-state index in [0.29, 0.717) is 0 Å². The number of carbonyl (C=O) groups excluding carboxylic acids is 4. The molecule has 0 saturated heterocycles. The third-order valence-electron chi connectivity index (χ3n) is 2.70. The molecule has 1 aromatic rings. The number of cyclic esters (lactones) is 2. The van der Waals surface area contributed by atoms with Crippen LogP contribution in [0, 0.1) is 0 Å². The Morgan fingerprint density at radius 2 is 1.19 bits per heavy atom. The van der Waals surface area contributed by atoms with Gasteiger partial charge in [0.2, 0.25) is 0 Å². The van der Waals surface area contributed by atoms with Crippen molar-refractivity contribution in [2.24, 2.45) is 0 Å². The molecule has 0 unspecified atom stereocenters. The minimum absolute atomic E-state index is 0.0619. The second-order valence-electron chi connectivity index (χ2n) is 3.64. The van der Waals surface area contributed by atoms with Crippen molar-refractivity contribution in [3.63, 3.8) is 0 Å². The van der Waals surface area contributed by atoms with Gasteiger partial charge in [-0.1, -0.05) is 0 Å². The number of ketones is 2. The zero-order valence-electron chi connectivity index (χ0n) is 7.90. The van der Waals surface area contributed by atoms with Gasteiger partial charge >= 0.3 is 11.9 Å². The molecule has 0 amide bonds. The van der Waals surface area contributed by atoms with E-state index in [1.807, 2.05) is 0 Å². The van der Waals surface area contributed by atoms with Crippen LogP contribution >= 0.6 is 0 Å². The van der Waals surface area contributed by atoms with Crippen molar-refractivity contribution in [3.05, 3.63) is 34.4 Å². The van der Waals surface area contributed by atoms with Gasteiger partial charge in [-0.05, 0) is 12.1 Å². The number of hydrogen-bond acceptors (Lipinski definition) is 5. The number of hydrogen-bond donors (Lipinski definition) is 0. The maximum atomic E-state index is 11.4. The Hall–Kier alpha value is -2.30. The van der Waals surface area contributed by atoms with Gasteiger partial charge in [-0.2, -0.15) is 0 Å². The van der Waals surface area contributed by atoms with Gasteiger partial charge in [0.05, 0.1) is 17.5 Å². The summed E-state index contributed by atoms with van der Waals surface area (Å²) in [7, 11) is 0. The molecule has 0 aromatic heterocycles. The van der Waals surface area contributed by atoms with Gasteiger partial charge in [0.15, 0.2) is 11.6 Å². The van der Waals surface area contributed by atoms with E-state index in [9.17, 15) is 19.2 Å². The van der Waals surface area contributed by atoms with Crippen molar-refractivity contribution in [3.8, 4) is 0 Å². The van der Waals surface area contributed by atoms with Crippen molar-refractivity contribution < 1.29 is 23.9 Å². The van der Waals surface area contributed by atoms with E-state index >= 15 is 0 Å². The summed E-state index contributed by atoms with van der Waals surface area (Å²) < 4.78 is 4.38. The molecule has 78 valence electrons. The molecule has 0 N–H and O–H groups in total. The average Bonchev–Trinajstić information content (AvgIpc) is 2.67. The summed E-state index contributed by atoms with van der Waals surface area (Å²) in [4.78, 5) is 45.3. The third-order valence-corrected chi connectivity index (χ3v) is 2.70. The normalized spacial score (nSPS) is 17.5. The van der Waals surface area contributed by atoms with Crippen LogP contribution in [0.1, 0.15) is 47.9 Å². The molecule has 1 aromatic carbocycles. The molecule has 0 fully saturated rings. The Morgan fingerprint density at radius 3 is 1.62 bits per heavy atom. The lowest BCUT2D eigenvalue weighted by atomic mass is 10.0. The minimum Gasteiger partial charge on any atom is -0.386 e. The van der Waals surface area contributed by atoms with Crippen molar-refractivity contribution in [2.75, 3.05) is 0 Å². The molecule has 16 heavy (non-hydrogen) atoms. The SMILES string of the molecule is O=C1CC(=O)c2cc3c(cc21)C(=O)OC3=O. The van der Waals surface area contributed by atoms with Crippen molar-refractivity contribution in [2.45, 2.75) is 6.42 Å². The zero-order valence-corrected chi connectivity index (χ0v) is 7.90. The molecule has 1 heterocycles. The number of ether oxygens (including phenoxy) is 1. The third kappa shape index (κ3) is 0.942. The molecule has 5 nitrogen and oxygen atoms in total. The predicted octanol–water partition coefficient (Wildman–Crippen LogP) is 0.766. The van der Waals surface area contributed by atoms with Gasteiger partial charge in [0.1, 0.15) is 0 Å². The molecule has 0 saturated carbocycles. The Kier molecular flexibility index (Phi) is 1.47. The molecule has 3 rings (SSSR count). The van der Waals surface area contributed by atoms with Gasteiger partial charge in [0, 0.05) is 11.1 Å². The Labute approximate surface area is 89.0 Å². The summed E-state index contributed by atoms with van der Waals surface area (Å²) in [6.07, 6.45) is -0.193. The second-order valence-corrected chi connectivity index (χ2v) is 3.64. The fourth-order valence-electron chi connectivity index (χ4n) is 1.93. The van der Waals surface area contributed by atoms with Crippen LogP contribution in [0.25, 0.3) is 0 Å². The van der Waals surface area contributed by atoms with E-state index in [2.05, 4.69) is 4.74 Å². The van der Waals surface area contributed by atoms with Gasteiger partial charge in [-0.15, -0.1) is 0 Å². The molecule has 1 aliphatic carbocycles. The molecule has 2 aliphatic rings. The molecule has 0 radical (unpaired) electrons. The van der Waals surface area contributed by atoms with E-state index in [1.165, 1.54) is 12.1 Å². The largest absolute Gasteiger partial charge is 0.386 e. The van der Waals surface area contributed by atoms with Crippen LogP contribution in [0.15, 0.2) is 12.1 Å². The monoisotopic (exact) mass is 216 g/mol. The first-order chi connectivity index (χ1) is 7.58. The van der Waals surface area contributed by atoms with Crippen LogP contribution in [0.2, 0.25) is 0 Å². The van der Waals surface area contributed by atoms with E-state index < -0.39 is 11.9 Å². The van der Waals surface area contributed by atoms with E-state index in [-0.39, 0.29) is 40.2 Å². The van der Waals surface area contributed by atoms with E-state index in [0.717, 1.165) is 0 Å². The fourth-order valence-corrected chi connectivity index (χ4v) is 1.93. The number of Topliss-reactive ketones (excluding diaryl/α,β-unsaturated/α-hetero) is 2. The fraction of sp³-hybridized carbons (Fsp3) is 0.0909. The summed E-state index contributed by atoms with van der Waals surface area (Å²) in [5.41, 5.74) is 0.532. The molecular weight excluding hydrogens is 212 g/mol. The van der Waals surface area contributed by atoms with Crippen LogP contribution in [0.3, 0.4) is 0 Å². The lowest BCUT2D eigenvalue weighted by Gasteiger charge is -1.97. The predicted molar refractivity (Wildman–Crippen MR) is 49.5 cm³/mol. The summed E-state index contributed by atoms with van der Waals surface area (Å²) in [6, 6.07) is 2.54. The van der Waals surface area contributed by atoms with Gasteiger partial charge in [-0.25, -0.2) is 9.59 Å². The number of fused-ring (bicyclic) bond motifs is 2. The lowest BCUT2D eigenvalue weighted by molar-refractivity contribution is 0.0443. The summed E-state index contributed by atoms with van der Waals surface area (Å²) in [5.74, 6) is -2.19. The smallest absolute Gasteiger partial charge is 0.346 e. The Bertz CT molecular complexity index is 496. The number of rotatable bonds is 0. The molecule has 1 aliphatic heterocycles. The average molecular weight is 216 g/mol. The van der Waals surface area contributed by atoms with Gasteiger partial charge in [0.25, 0.3) is 0 Å². The van der Waals surface area contributed by atoms with E-state index in [4.69, 9.17) is 0 Å². The molecule has 5 heteroatoms. The lowest BCUT2D eigenvalue weighted by Crippen LogP contribution is -1.98. The van der Waals surface area contributed by atoms with Crippen LogP contribution in [0.4, 0.5) is 0 Å². The highest BCUT2D eigenvalue weighted by molar-refractivity contribution is 6.26. The number of benzene rings is 1. The molecule has 0 bridgehead atoms. The minimum atomic E-state index is -0.769. The van der Waals surface area contributed by atoms with E-state index in [1.54, 1.807) is 0 Å². The van der Waals surface area contributed by atoms with Crippen molar-refractivity contribution >= 4 is 23.5 Å². The maximum absolute atomic E-state index is 11.4. The molecule has 0 atom stereocenters. The topological polar surface area (TPSA) is 77.5 Å². The van der Waals surface area contributed by atoms with Crippen molar-refractivity contribution in [1.29, 1.82) is 0 Å². The van der Waals surface area contributed by atoms with Gasteiger partial charge in [-0.3, -0.25) is 9.59 Å². The Balaban J connectivity index is 2.33. The Morgan fingerprint density at radius 1 is 0.750 bits per heavy atom. The maximum Gasteiger partial charge on any atom is 0.346 e. The van der Waals surface area contributed by atoms with Crippen LogP contribution < -0.4 is 0 Å². The van der Waals surface area contributed by atoms with Crippen LogP contribution in [-0.4, -0.2) is 23.5 Å². The first kappa shape index (κ1) is 8.96. The molecular formula is C11H4O5. The first-order valence-electron chi connectivity index (χ1n) is 4.59. The summed E-state index contributed by atoms with van der Waals surface area (Å²) >= 11 is 0. The summed E-state index contributed by atoms with van der Waals surface area (Å²) in [5, 5.41) is 0. The highest BCUT2D eigenvalue weighted by atomic mass is 16.6. The second kappa shape index (κ2) is 2.63. The standard InChI is InChI=1S/C11H4O5/c12-8-3-9(13)5-2-7-6(1-4(5)8)10(14)16-11(7)15/h1-2H,3H2. The van der Waals surface area contributed by atoms with Crippen molar-refractivity contribution in [1.82, 2.24) is 0 Å². The highest BCUT2D eigenvalue weighted by Crippen LogP contribution is 2.29. The van der Waals surface area contributed by atoms with Crippen LogP contribution in [-0.2, 0) is 4.74 Å². The quantitative estimate of drug-likeness (QED) is 0.472. The first-order valence-corrected chi connectivity index (χ1v) is 4.59. The zero-order chi connectivity index (χ0) is 11.4. The highest BCUT2D eigenvalue weighted by Gasteiger charge is 2.36. The van der Waals surface area contributed by atoms with Crippen LogP contribution in [0.5, 0.6) is 0 Å². The number of esters is 2.